The standard InChI is InChI=1S/C14H18N2O3/c1-8(2)16-11-6-5-9(12(17)18)7-10(11)15-14(3,4)13(16)19/h5-8,15H,1-4H3,(H,17,18). The van der Waals surface area contributed by atoms with Crippen LogP contribution in [-0.2, 0) is 4.79 Å². The van der Waals surface area contributed by atoms with Gasteiger partial charge in [0.2, 0.25) is 0 Å². The van der Waals surface area contributed by atoms with Crippen molar-refractivity contribution in [2.75, 3.05) is 10.2 Å². The molecule has 5 nitrogen and oxygen atoms in total. The van der Waals surface area contributed by atoms with Crippen molar-refractivity contribution in [1.82, 2.24) is 0 Å². The lowest BCUT2D eigenvalue weighted by atomic mass is 9.96. The van der Waals surface area contributed by atoms with Gasteiger partial charge in [-0.2, -0.15) is 0 Å². The first-order valence-electron chi connectivity index (χ1n) is 6.23. The van der Waals surface area contributed by atoms with Gasteiger partial charge in [0.25, 0.3) is 5.91 Å². The van der Waals surface area contributed by atoms with Crippen molar-refractivity contribution in [2.24, 2.45) is 0 Å². The molecule has 5 heteroatoms. The second kappa shape index (κ2) is 4.26. The third kappa shape index (κ3) is 2.16. The molecule has 2 N–H and O–H groups in total. The summed E-state index contributed by atoms with van der Waals surface area (Å²) in [5, 5.41) is 12.1. The van der Waals surface area contributed by atoms with E-state index in [-0.39, 0.29) is 17.5 Å². The fourth-order valence-corrected chi connectivity index (χ4v) is 2.29. The number of carboxylic acid groups (broad SMARTS) is 1. The van der Waals surface area contributed by atoms with Crippen molar-refractivity contribution >= 4 is 23.3 Å². The van der Waals surface area contributed by atoms with E-state index in [1.807, 2.05) is 13.8 Å². The molecule has 0 atom stereocenters. The highest BCUT2D eigenvalue weighted by molar-refractivity contribution is 6.08. The quantitative estimate of drug-likeness (QED) is 0.858. The summed E-state index contributed by atoms with van der Waals surface area (Å²) in [6.07, 6.45) is 0. The van der Waals surface area contributed by atoms with Crippen LogP contribution < -0.4 is 10.2 Å². The van der Waals surface area contributed by atoms with Crippen LogP contribution in [0.15, 0.2) is 18.2 Å². The summed E-state index contributed by atoms with van der Waals surface area (Å²) in [5.74, 6) is -0.992. The van der Waals surface area contributed by atoms with E-state index in [0.29, 0.717) is 5.69 Å². The van der Waals surface area contributed by atoms with E-state index in [9.17, 15) is 9.59 Å². The molecule has 102 valence electrons. The Hall–Kier alpha value is -2.04. The molecule has 1 aromatic rings. The molecule has 0 bridgehead atoms. The molecular formula is C14H18N2O3. The van der Waals surface area contributed by atoms with Crippen molar-refractivity contribution in [3.05, 3.63) is 23.8 Å². The van der Waals surface area contributed by atoms with E-state index in [2.05, 4.69) is 5.32 Å². The molecule has 1 heterocycles. The Bertz CT molecular complexity index is 550. The van der Waals surface area contributed by atoms with E-state index >= 15 is 0 Å². The summed E-state index contributed by atoms with van der Waals surface area (Å²) in [6, 6.07) is 4.78. The van der Waals surface area contributed by atoms with Gasteiger partial charge in [-0.1, -0.05) is 0 Å². The van der Waals surface area contributed by atoms with Crippen molar-refractivity contribution < 1.29 is 14.7 Å². The van der Waals surface area contributed by atoms with Gasteiger partial charge in [-0.25, -0.2) is 4.79 Å². The second-order valence-electron chi connectivity index (χ2n) is 5.56. The monoisotopic (exact) mass is 262 g/mol. The smallest absolute Gasteiger partial charge is 0.335 e. The van der Waals surface area contributed by atoms with Crippen LogP contribution in [0, 0.1) is 0 Å². The lowest BCUT2D eigenvalue weighted by molar-refractivity contribution is -0.122. The maximum absolute atomic E-state index is 12.4. The summed E-state index contributed by atoms with van der Waals surface area (Å²) in [7, 11) is 0. The molecule has 1 aromatic carbocycles. The van der Waals surface area contributed by atoms with Crippen LogP contribution >= 0.6 is 0 Å². The fourth-order valence-electron chi connectivity index (χ4n) is 2.29. The highest BCUT2D eigenvalue weighted by Crippen LogP contribution is 2.37. The molecule has 0 aromatic heterocycles. The Morgan fingerprint density at radius 3 is 2.53 bits per heavy atom. The number of anilines is 2. The predicted octanol–water partition coefficient (Wildman–Crippen LogP) is 2.33. The average Bonchev–Trinajstić information content (AvgIpc) is 2.28. The van der Waals surface area contributed by atoms with Crippen LogP contribution in [0.2, 0.25) is 0 Å². The summed E-state index contributed by atoms with van der Waals surface area (Å²) in [5.41, 5.74) is 0.872. The SMILES string of the molecule is CC(C)N1C(=O)C(C)(C)Nc2cc(C(=O)O)ccc21. The molecule has 1 amide bonds. The van der Waals surface area contributed by atoms with Crippen molar-refractivity contribution in [1.29, 1.82) is 0 Å². The summed E-state index contributed by atoms with van der Waals surface area (Å²) < 4.78 is 0. The number of nitrogens with one attached hydrogen (secondary N) is 1. The van der Waals surface area contributed by atoms with Gasteiger partial charge < -0.3 is 15.3 Å². The van der Waals surface area contributed by atoms with Crippen LogP contribution in [0.1, 0.15) is 38.1 Å². The van der Waals surface area contributed by atoms with Crippen molar-refractivity contribution in [2.45, 2.75) is 39.3 Å². The number of carbonyl (C=O) groups excluding carboxylic acids is 1. The largest absolute Gasteiger partial charge is 0.478 e. The predicted molar refractivity (Wildman–Crippen MR) is 73.7 cm³/mol. The molecule has 2 rings (SSSR count). The van der Waals surface area contributed by atoms with Crippen molar-refractivity contribution in [3.63, 3.8) is 0 Å². The van der Waals surface area contributed by atoms with Gasteiger partial charge in [0, 0.05) is 6.04 Å². The fraction of sp³-hybridized carbons (Fsp3) is 0.429. The summed E-state index contributed by atoms with van der Waals surface area (Å²) in [6.45, 7) is 7.46. The van der Waals surface area contributed by atoms with Gasteiger partial charge >= 0.3 is 5.97 Å². The first-order valence-corrected chi connectivity index (χ1v) is 6.23. The van der Waals surface area contributed by atoms with Gasteiger partial charge in [-0.15, -0.1) is 0 Å². The third-order valence-electron chi connectivity index (χ3n) is 3.22. The number of aromatic carboxylic acids is 1. The number of hydrogen-bond donors (Lipinski definition) is 2. The van der Waals surface area contributed by atoms with Crippen molar-refractivity contribution in [3.8, 4) is 0 Å². The molecule has 0 saturated heterocycles. The highest BCUT2D eigenvalue weighted by Gasteiger charge is 2.39. The Kier molecular flexibility index (Phi) is 3.00. The zero-order chi connectivity index (χ0) is 14.4. The topological polar surface area (TPSA) is 69.6 Å². The Balaban J connectivity index is 2.58. The maximum Gasteiger partial charge on any atom is 0.335 e. The Labute approximate surface area is 112 Å². The average molecular weight is 262 g/mol. The number of fused-ring (bicyclic) bond motifs is 1. The molecule has 0 aliphatic carbocycles. The lowest BCUT2D eigenvalue weighted by Gasteiger charge is -2.42. The van der Waals surface area contributed by atoms with Crippen LogP contribution in [0.4, 0.5) is 11.4 Å². The Morgan fingerprint density at radius 1 is 1.37 bits per heavy atom. The number of rotatable bonds is 2. The van der Waals surface area contributed by atoms with Crippen LogP contribution in [0.3, 0.4) is 0 Å². The lowest BCUT2D eigenvalue weighted by Crippen LogP contribution is -2.56. The van der Waals surface area contributed by atoms with Crippen LogP contribution in [0.5, 0.6) is 0 Å². The van der Waals surface area contributed by atoms with Gasteiger partial charge in [0.1, 0.15) is 5.54 Å². The highest BCUT2D eigenvalue weighted by atomic mass is 16.4. The van der Waals surface area contributed by atoms with E-state index in [0.717, 1.165) is 5.69 Å². The number of amides is 1. The zero-order valence-electron chi connectivity index (χ0n) is 11.5. The van der Waals surface area contributed by atoms with E-state index in [1.165, 1.54) is 6.07 Å². The van der Waals surface area contributed by atoms with Crippen LogP contribution in [0.25, 0.3) is 0 Å². The minimum absolute atomic E-state index is 0.0157. The molecule has 0 radical (unpaired) electrons. The summed E-state index contributed by atoms with van der Waals surface area (Å²) in [4.78, 5) is 25.1. The molecule has 0 unspecified atom stereocenters. The van der Waals surface area contributed by atoms with Crippen LogP contribution in [-0.4, -0.2) is 28.6 Å². The molecule has 0 fully saturated rings. The number of hydrogen-bond acceptors (Lipinski definition) is 3. The minimum Gasteiger partial charge on any atom is -0.478 e. The Morgan fingerprint density at radius 2 is 2.00 bits per heavy atom. The third-order valence-corrected chi connectivity index (χ3v) is 3.22. The van der Waals surface area contributed by atoms with E-state index in [4.69, 9.17) is 5.11 Å². The minimum atomic E-state index is -0.976. The molecule has 19 heavy (non-hydrogen) atoms. The number of nitrogens with zero attached hydrogens (tertiary/aromatic N) is 1. The summed E-state index contributed by atoms with van der Waals surface area (Å²) >= 11 is 0. The van der Waals surface area contributed by atoms with Gasteiger partial charge in [0.15, 0.2) is 0 Å². The maximum atomic E-state index is 12.4. The first-order chi connectivity index (χ1) is 8.74. The number of carboxylic acids is 1. The van der Waals surface area contributed by atoms with Gasteiger partial charge in [0.05, 0.1) is 16.9 Å². The molecule has 1 aliphatic rings. The second-order valence-corrected chi connectivity index (χ2v) is 5.56. The van der Waals surface area contributed by atoms with Gasteiger partial charge in [-0.3, -0.25) is 4.79 Å². The molecular weight excluding hydrogens is 244 g/mol. The molecule has 0 spiro atoms. The first kappa shape index (κ1) is 13.4. The molecule has 1 aliphatic heterocycles. The number of benzene rings is 1. The van der Waals surface area contributed by atoms with Gasteiger partial charge in [-0.05, 0) is 45.9 Å². The van der Waals surface area contributed by atoms with E-state index in [1.54, 1.807) is 30.9 Å². The zero-order valence-corrected chi connectivity index (χ0v) is 11.5. The number of carbonyl (C=O) groups is 2. The normalized spacial score (nSPS) is 17.1. The molecule has 0 saturated carbocycles. The van der Waals surface area contributed by atoms with E-state index < -0.39 is 11.5 Å².